The molecule has 2 N–H and O–H groups in total. The first-order chi connectivity index (χ1) is 14.0. The van der Waals surface area contributed by atoms with Gasteiger partial charge in [-0.25, -0.2) is 0 Å². The van der Waals surface area contributed by atoms with Crippen LogP contribution in [0.1, 0.15) is 56.9 Å². The van der Waals surface area contributed by atoms with Gasteiger partial charge in [-0.3, -0.25) is 4.79 Å². The Labute approximate surface area is 173 Å². The molecule has 158 valence electrons. The minimum Gasteiger partial charge on any atom is -0.497 e. The lowest BCUT2D eigenvalue weighted by molar-refractivity contribution is -0.158. The van der Waals surface area contributed by atoms with Gasteiger partial charge in [0.15, 0.2) is 5.60 Å². The van der Waals surface area contributed by atoms with Crippen LogP contribution in [0.2, 0.25) is 0 Å². The Balaban J connectivity index is 1.25. The maximum Gasteiger partial charge on any atom is 0.256 e. The second kappa shape index (κ2) is 7.28. The summed E-state index contributed by atoms with van der Waals surface area (Å²) in [5.74, 6) is 3.24. The number of rotatable bonds is 6. The summed E-state index contributed by atoms with van der Waals surface area (Å²) in [5, 5.41) is 15.1. The zero-order valence-electron chi connectivity index (χ0n) is 17.5. The molecule has 0 aromatic heterocycles. The molecule has 1 aromatic rings. The number of amides is 1. The van der Waals surface area contributed by atoms with Crippen molar-refractivity contribution in [3.05, 3.63) is 29.8 Å². The number of carbonyl (C=O) groups excluding carboxylic acids is 1. The van der Waals surface area contributed by atoms with Gasteiger partial charge in [0, 0.05) is 25.2 Å². The van der Waals surface area contributed by atoms with Gasteiger partial charge in [0.25, 0.3) is 5.91 Å². The van der Waals surface area contributed by atoms with E-state index in [-0.39, 0.29) is 11.4 Å². The Kier molecular flexibility index (Phi) is 4.86. The van der Waals surface area contributed by atoms with Gasteiger partial charge in [0.2, 0.25) is 0 Å². The molecule has 5 aliphatic rings. The summed E-state index contributed by atoms with van der Waals surface area (Å²) in [5.41, 5.74) is -0.0729. The highest BCUT2D eigenvalue weighted by molar-refractivity contribution is 5.86. The predicted molar refractivity (Wildman–Crippen MR) is 112 cm³/mol. The van der Waals surface area contributed by atoms with Crippen LogP contribution in [-0.2, 0) is 11.3 Å². The van der Waals surface area contributed by atoms with Crippen molar-refractivity contribution in [1.29, 1.82) is 0 Å². The second-order valence-electron chi connectivity index (χ2n) is 10.3. The molecule has 6 rings (SSSR count). The number of nitrogens with one attached hydrogen (secondary N) is 1. The summed E-state index contributed by atoms with van der Waals surface area (Å²) in [6, 6.07) is 7.84. The lowest BCUT2D eigenvalue weighted by atomic mass is 9.53. The van der Waals surface area contributed by atoms with Crippen LogP contribution in [0.15, 0.2) is 24.3 Å². The molecule has 4 aliphatic carbocycles. The maximum atomic E-state index is 13.2. The van der Waals surface area contributed by atoms with Crippen molar-refractivity contribution in [1.82, 2.24) is 10.2 Å². The van der Waals surface area contributed by atoms with Gasteiger partial charge in [0.1, 0.15) is 5.75 Å². The number of hydrogen-bond donors (Lipinski definition) is 2. The number of benzene rings is 1. The molecule has 4 saturated carbocycles. The van der Waals surface area contributed by atoms with Crippen LogP contribution in [0, 0.1) is 17.8 Å². The Bertz CT molecular complexity index is 744. The number of nitrogens with zero attached hydrogens (tertiary/aromatic N) is 1. The van der Waals surface area contributed by atoms with Crippen LogP contribution in [0.4, 0.5) is 0 Å². The lowest BCUT2D eigenvalue weighted by Crippen LogP contribution is -2.64. The highest BCUT2D eigenvalue weighted by Crippen LogP contribution is 2.55. The normalized spacial score (nSPS) is 38.5. The first-order valence-electron chi connectivity index (χ1n) is 11.4. The van der Waals surface area contributed by atoms with Crippen molar-refractivity contribution in [3.63, 3.8) is 0 Å². The summed E-state index contributed by atoms with van der Waals surface area (Å²) in [4.78, 5) is 15.0. The molecular weight excluding hydrogens is 364 g/mol. The zero-order valence-corrected chi connectivity index (χ0v) is 17.5. The third kappa shape index (κ3) is 3.68. The van der Waals surface area contributed by atoms with E-state index in [1.165, 1.54) is 38.5 Å². The molecule has 5 nitrogen and oxygen atoms in total. The van der Waals surface area contributed by atoms with Gasteiger partial charge >= 0.3 is 0 Å². The summed E-state index contributed by atoms with van der Waals surface area (Å²) in [6.45, 7) is 1.62. The fourth-order valence-electron chi connectivity index (χ4n) is 7.03. The number of piperidine rings is 1. The van der Waals surface area contributed by atoms with E-state index in [0.717, 1.165) is 35.5 Å². The van der Waals surface area contributed by atoms with E-state index < -0.39 is 5.60 Å². The number of ether oxygens (including phenoxy) is 1. The molecule has 0 spiro atoms. The smallest absolute Gasteiger partial charge is 0.256 e. The van der Waals surface area contributed by atoms with Gasteiger partial charge < -0.3 is 20.1 Å². The Morgan fingerprint density at radius 3 is 2.52 bits per heavy atom. The largest absolute Gasteiger partial charge is 0.497 e. The monoisotopic (exact) mass is 398 g/mol. The maximum absolute atomic E-state index is 13.2. The van der Waals surface area contributed by atoms with Crippen molar-refractivity contribution < 1.29 is 14.6 Å². The fourth-order valence-corrected chi connectivity index (χ4v) is 7.03. The molecule has 1 aliphatic heterocycles. The summed E-state index contributed by atoms with van der Waals surface area (Å²) >= 11 is 0. The number of β-amino-alcohol motifs (C(OH)–C–C–N with tert-alkyl or cyclic N) is 1. The second-order valence-corrected chi connectivity index (χ2v) is 10.3. The highest BCUT2D eigenvalue weighted by atomic mass is 16.5. The summed E-state index contributed by atoms with van der Waals surface area (Å²) in [6.07, 6.45) is 9.30. The van der Waals surface area contributed by atoms with Crippen molar-refractivity contribution in [2.45, 2.75) is 69.1 Å². The van der Waals surface area contributed by atoms with Crippen LogP contribution < -0.4 is 10.1 Å². The molecule has 1 heterocycles. The predicted octanol–water partition coefficient (Wildman–Crippen LogP) is 3.11. The molecule has 1 saturated heterocycles. The molecule has 4 bridgehead atoms. The molecular formula is C24H34N2O3. The molecule has 5 fully saturated rings. The first kappa shape index (κ1) is 19.4. The summed E-state index contributed by atoms with van der Waals surface area (Å²) in [7, 11) is 1.65. The fraction of sp³-hybridized carbons (Fsp3) is 0.708. The topological polar surface area (TPSA) is 61.8 Å². The molecule has 5 heteroatoms. The minimum atomic E-state index is -1.28. The summed E-state index contributed by atoms with van der Waals surface area (Å²) < 4.78 is 5.30. The first-order valence-corrected chi connectivity index (χ1v) is 11.4. The van der Waals surface area contributed by atoms with Crippen molar-refractivity contribution in [3.8, 4) is 5.75 Å². The quantitative estimate of drug-likeness (QED) is 0.773. The van der Waals surface area contributed by atoms with Crippen LogP contribution >= 0.6 is 0 Å². The van der Waals surface area contributed by atoms with Crippen LogP contribution in [0.25, 0.3) is 0 Å². The average Bonchev–Trinajstić information content (AvgIpc) is 2.70. The van der Waals surface area contributed by atoms with Gasteiger partial charge in [-0.2, -0.15) is 0 Å². The number of likely N-dealkylation sites (tertiary alicyclic amines) is 1. The van der Waals surface area contributed by atoms with E-state index in [9.17, 15) is 9.90 Å². The standard InChI is InChI=1S/C24H34N2O3/c1-29-21-5-2-4-17(11-21)15-26-7-3-6-24(28,22(26)27)16-25-23-12-18-8-19(13-23)10-20(9-18)14-23/h2,4-5,11,18-20,25,28H,3,6-10,12-16H2,1H3/t18?,19?,20?,23?,24-/m1/s1. The number of carbonyl (C=O) groups is 1. The molecule has 1 aromatic carbocycles. The van der Waals surface area contributed by atoms with Gasteiger partial charge in [-0.1, -0.05) is 12.1 Å². The molecule has 1 atom stereocenters. The SMILES string of the molecule is COc1cccc(CN2CCC[C@@](O)(CNC34CC5CC(CC(C5)C3)C4)C2=O)c1. The Morgan fingerprint density at radius 2 is 1.86 bits per heavy atom. The third-order valence-corrected chi connectivity index (χ3v) is 8.01. The third-order valence-electron chi connectivity index (χ3n) is 8.01. The van der Waals surface area contributed by atoms with Crippen molar-refractivity contribution >= 4 is 5.91 Å². The minimum absolute atomic E-state index is 0.121. The molecule has 1 amide bonds. The van der Waals surface area contributed by atoms with Crippen molar-refractivity contribution in [2.24, 2.45) is 17.8 Å². The molecule has 29 heavy (non-hydrogen) atoms. The number of methoxy groups -OCH3 is 1. The van der Waals surface area contributed by atoms with E-state index in [1.54, 1.807) is 7.11 Å². The van der Waals surface area contributed by atoms with E-state index in [1.807, 2.05) is 29.2 Å². The van der Waals surface area contributed by atoms with E-state index >= 15 is 0 Å². The molecule has 0 radical (unpaired) electrons. The zero-order chi connectivity index (χ0) is 20.1. The van der Waals surface area contributed by atoms with E-state index in [2.05, 4.69) is 5.32 Å². The number of aliphatic hydroxyl groups is 1. The van der Waals surface area contributed by atoms with Gasteiger partial charge in [-0.05, 0) is 86.8 Å². The van der Waals surface area contributed by atoms with Gasteiger partial charge in [-0.15, -0.1) is 0 Å². The van der Waals surface area contributed by atoms with E-state index in [0.29, 0.717) is 26.1 Å². The van der Waals surface area contributed by atoms with E-state index in [4.69, 9.17) is 4.74 Å². The highest BCUT2D eigenvalue weighted by Gasteiger charge is 2.52. The van der Waals surface area contributed by atoms with Crippen LogP contribution in [0.5, 0.6) is 5.75 Å². The Morgan fingerprint density at radius 1 is 1.17 bits per heavy atom. The van der Waals surface area contributed by atoms with Crippen LogP contribution in [-0.4, -0.2) is 47.3 Å². The average molecular weight is 399 g/mol. The van der Waals surface area contributed by atoms with Gasteiger partial charge in [0.05, 0.1) is 7.11 Å². The number of hydrogen-bond acceptors (Lipinski definition) is 4. The molecule has 0 unspecified atom stereocenters. The lowest BCUT2D eigenvalue weighted by Gasteiger charge is -2.57. The van der Waals surface area contributed by atoms with Crippen molar-refractivity contribution in [2.75, 3.05) is 20.2 Å². The van der Waals surface area contributed by atoms with Crippen LogP contribution in [0.3, 0.4) is 0 Å². The Hall–Kier alpha value is -1.59.